The minimum atomic E-state index is -0.587. The van der Waals surface area contributed by atoms with Crippen molar-refractivity contribution in [1.82, 2.24) is 19.8 Å². The SMILES string of the molecule is O=C(Cc1c[nH]c(=O)[nH]c1=O)N1CC[C@]2(CCCN(C3CCCC3)C2=O)C1. The Hall–Kier alpha value is -2.38. The molecule has 3 heterocycles. The predicted octanol–water partition coefficient (Wildman–Crippen LogP) is 0.389. The lowest BCUT2D eigenvalue weighted by atomic mass is 9.77. The number of likely N-dealkylation sites (tertiary alicyclic amines) is 2. The van der Waals surface area contributed by atoms with Gasteiger partial charge in [-0.2, -0.15) is 0 Å². The molecule has 2 amide bonds. The quantitative estimate of drug-likeness (QED) is 0.798. The molecule has 0 bridgehead atoms. The molecule has 27 heavy (non-hydrogen) atoms. The summed E-state index contributed by atoms with van der Waals surface area (Å²) in [5.74, 6) is 0.0491. The van der Waals surface area contributed by atoms with Crippen LogP contribution in [0.4, 0.5) is 0 Å². The van der Waals surface area contributed by atoms with Crippen LogP contribution in [0.25, 0.3) is 0 Å². The van der Waals surface area contributed by atoms with Gasteiger partial charge in [0, 0.05) is 37.4 Å². The fourth-order valence-electron chi connectivity index (χ4n) is 4.97. The summed E-state index contributed by atoms with van der Waals surface area (Å²) in [6, 6.07) is 0.374. The van der Waals surface area contributed by atoms with Crippen molar-refractivity contribution in [1.29, 1.82) is 0 Å². The van der Waals surface area contributed by atoms with E-state index in [4.69, 9.17) is 0 Å². The zero-order chi connectivity index (χ0) is 19.0. The molecule has 1 aromatic rings. The van der Waals surface area contributed by atoms with Gasteiger partial charge < -0.3 is 14.8 Å². The van der Waals surface area contributed by atoms with Gasteiger partial charge in [-0.25, -0.2) is 4.79 Å². The van der Waals surface area contributed by atoms with E-state index in [1.807, 2.05) is 0 Å². The Morgan fingerprint density at radius 1 is 1.11 bits per heavy atom. The lowest BCUT2D eigenvalue weighted by molar-refractivity contribution is -0.148. The molecule has 146 valence electrons. The largest absolute Gasteiger partial charge is 0.341 e. The number of carbonyl (C=O) groups is 2. The second-order valence-electron chi connectivity index (χ2n) is 8.16. The average Bonchev–Trinajstić information content (AvgIpc) is 3.31. The van der Waals surface area contributed by atoms with Crippen molar-refractivity contribution in [3.8, 4) is 0 Å². The van der Waals surface area contributed by atoms with E-state index in [2.05, 4.69) is 14.9 Å². The van der Waals surface area contributed by atoms with Gasteiger partial charge in [0.25, 0.3) is 5.56 Å². The van der Waals surface area contributed by atoms with E-state index in [1.165, 1.54) is 19.0 Å². The number of piperidine rings is 1. The smallest absolute Gasteiger partial charge is 0.325 e. The van der Waals surface area contributed by atoms with Gasteiger partial charge >= 0.3 is 5.69 Å². The number of hydrogen-bond acceptors (Lipinski definition) is 4. The molecule has 0 aromatic carbocycles. The highest BCUT2D eigenvalue weighted by atomic mass is 16.2. The van der Waals surface area contributed by atoms with Crippen molar-refractivity contribution in [2.24, 2.45) is 5.41 Å². The number of carbonyl (C=O) groups excluding carboxylic acids is 2. The first-order valence-corrected chi connectivity index (χ1v) is 9.88. The third kappa shape index (κ3) is 3.33. The van der Waals surface area contributed by atoms with Gasteiger partial charge in [0.05, 0.1) is 11.8 Å². The van der Waals surface area contributed by atoms with E-state index in [-0.39, 0.29) is 23.8 Å². The molecule has 2 saturated heterocycles. The number of rotatable bonds is 3. The van der Waals surface area contributed by atoms with Crippen LogP contribution in [0.1, 0.15) is 50.5 Å². The molecule has 0 radical (unpaired) electrons. The topological polar surface area (TPSA) is 106 Å². The van der Waals surface area contributed by atoms with E-state index in [9.17, 15) is 19.2 Å². The van der Waals surface area contributed by atoms with E-state index >= 15 is 0 Å². The van der Waals surface area contributed by atoms with Gasteiger partial charge in [-0.1, -0.05) is 12.8 Å². The highest BCUT2D eigenvalue weighted by Gasteiger charge is 2.50. The molecule has 2 aliphatic heterocycles. The number of nitrogens with zero attached hydrogens (tertiary/aromatic N) is 2. The highest BCUT2D eigenvalue weighted by Crippen LogP contribution is 2.42. The van der Waals surface area contributed by atoms with Crippen molar-refractivity contribution in [2.75, 3.05) is 19.6 Å². The molecule has 1 aliphatic carbocycles. The zero-order valence-corrected chi connectivity index (χ0v) is 15.5. The third-order valence-corrected chi connectivity index (χ3v) is 6.48. The fraction of sp³-hybridized carbons (Fsp3) is 0.684. The molecule has 1 spiro atoms. The summed E-state index contributed by atoms with van der Waals surface area (Å²) in [6.45, 7) is 1.82. The maximum Gasteiger partial charge on any atom is 0.325 e. The molecular formula is C19H26N4O4. The van der Waals surface area contributed by atoms with Gasteiger partial charge in [-0.15, -0.1) is 0 Å². The van der Waals surface area contributed by atoms with Gasteiger partial charge in [-0.3, -0.25) is 19.4 Å². The Balaban J connectivity index is 1.45. The second kappa shape index (κ2) is 6.98. The summed E-state index contributed by atoms with van der Waals surface area (Å²) in [7, 11) is 0. The maximum atomic E-state index is 13.2. The number of nitrogens with one attached hydrogen (secondary N) is 2. The Kier molecular flexibility index (Phi) is 4.65. The number of aromatic nitrogens is 2. The lowest BCUT2D eigenvalue weighted by Gasteiger charge is -2.42. The van der Waals surface area contributed by atoms with Gasteiger partial charge in [0.15, 0.2) is 0 Å². The average molecular weight is 374 g/mol. The van der Waals surface area contributed by atoms with E-state index < -0.39 is 16.7 Å². The van der Waals surface area contributed by atoms with E-state index in [0.29, 0.717) is 25.6 Å². The normalized spacial score (nSPS) is 26.3. The molecule has 4 rings (SSSR count). The van der Waals surface area contributed by atoms with Crippen molar-refractivity contribution in [2.45, 2.75) is 57.4 Å². The van der Waals surface area contributed by atoms with Gasteiger partial charge in [-0.05, 0) is 32.1 Å². The van der Waals surface area contributed by atoms with Crippen LogP contribution in [0.3, 0.4) is 0 Å². The first-order valence-electron chi connectivity index (χ1n) is 9.88. The van der Waals surface area contributed by atoms with Crippen molar-refractivity contribution in [3.63, 3.8) is 0 Å². The number of amides is 2. The first-order chi connectivity index (χ1) is 13.0. The molecule has 8 nitrogen and oxygen atoms in total. The Morgan fingerprint density at radius 3 is 2.63 bits per heavy atom. The molecule has 1 atom stereocenters. The van der Waals surface area contributed by atoms with Gasteiger partial charge in [0.2, 0.25) is 11.8 Å². The summed E-state index contributed by atoms with van der Waals surface area (Å²) in [5, 5.41) is 0. The Bertz CT molecular complexity index is 854. The minimum absolute atomic E-state index is 0.0667. The van der Waals surface area contributed by atoms with Crippen molar-refractivity contribution < 1.29 is 9.59 Å². The third-order valence-electron chi connectivity index (χ3n) is 6.48. The number of aromatic amines is 2. The zero-order valence-electron chi connectivity index (χ0n) is 15.5. The molecular weight excluding hydrogens is 348 g/mol. The van der Waals surface area contributed by atoms with Crippen molar-refractivity contribution in [3.05, 3.63) is 32.6 Å². The van der Waals surface area contributed by atoms with Crippen molar-refractivity contribution >= 4 is 11.8 Å². The summed E-state index contributed by atoms with van der Waals surface area (Å²) in [6.07, 6.45) is 8.32. The molecule has 0 unspecified atom stereocenters. The standard InChI is InChI=1S/C19H26N4O4/c24-15(10-13-11-20-18(27)21-16(13)25)22-9-7-19(12-22)6-3-8-23(17(19)26)14-4-1-2-5-14/h11,14H,1-10,12H2,(H2,20,21,25,27)/t19-/m1/s1. The van der Waals surface area contributed by atoms with Crippen LogP contribution < -0.4 is 11.2 Å². The number of H-pyrrole nitrogens is 2. The van der Waals surface area contributed by atoms with Crippen LogP contribution in [0.15, 0.2) is 15.8 Å². The maximum absolute atomic E-state index is 13.2. The summed E-state index contributed by atoms with van der Waals surface area (Å²) in [4.78, 5) is 57.2. The molecule has 2 N–H and O–H groups in total. The van der Waals surface area contributed by atoms with Crippen LogP contribution in [-0.4, -0.2) is 57.3 Å². The number of hydrogen-bond donors (Lipinski definition) is 2. The molecule has 3 aliphatic rings. The van der Waals surface area contributed by atoms with E-state index in [1.54, 1.807) is 4.90 Å². The minimum Gasteiger partial charge on any atom is -0.341 e. The highest BCUT2D eigenvalue weighted by molar-refractivity contribution is 5.86. The molecule has 8 heteroatoms. The second-order valence-corrected chi connectivity index (χ2v) is 8.16. The first kappa shape index (κ1) is 18.0. The van der Waals surface area contributed by atoms with Crippen LogP contribution in [0.5, 0.6) is 0 Å². The predicted molar refractivity (Wildman–Crippen MR) is 98.2 cm³/mol. The molecule has 1 saturated carbocycles. The van der Waals surface area contributed by atoms with Crippen LogP contribution >= 0.6 is 0 Å². The fourth-order valence-corrected chi connectivity index (χ4v) is 4.97. The summed E-state index contributed by atoms with van der Waals surface area (Å²) < 4.78 is 0. The van der Waals surface area contributed by atoms with Crippen LogP contribution in [-0.2, 0) is 16.0 Å². The molecule has 1 aromatic heterocycles. The lowest BCUT2D eigenvalue weighted by Crippen LogP contribution is -2.53. The Labute approximate surface area is 156 Å². The summed E-state index contributed by atoms with van der Waals surface area (Å²) >= 11 is 0. The van der Waals surface area contributed by atoms with Gasteiger partial charge in [0.1, 0.15) is 0 Å². The monoisotopic (exact) mass is 374 g/mol. The van der Waals surface area contributed by atoms with Crippen LogP contribution in [0, 0.1) is 5.41 Å². The van der Waals surface area contributed by atoms with E-state index in [0.717, 1.165) is 32.2 Å². The van der Waals surface area contributed by atoms with Crippen LogP contribution in [0.2, 0.25) is 0 Å². The molecule has 3 fully saturated rings. The summed E-state index contributed by atoms with van der Waals surface area (Å²) in [5.41, 5.74) is -1.34. The Morgan fingerprint density at radius 2 is 1.89 bits per heavy atom.